The minimum Gasteiger partial charge on any atom is -0.387 e. The Hall–Kier alpha value is 0.140. The van der Waals surface area contributed by atoms with E-state index in [1.54, 1.807) is 11.3 Å². The maximum absolute atomic E-state index is 9.96. The molecule has 1 heterocycles. The lowest BCUT2D eigenvalue weighted by molar-refractivity contribution is 0.0953. The highest BCUT2D eigenvalue weighted by Gasteiger charge is 2.20. The summed E-state index contributed by atoms with van der Waals surface area (Å²) in [4.78, 5) is 1.05. The molecular formula is C10H15BrOS. The number of hydrogen-bond acceptors (Lipinski definition) is 2. The number of aliphatic hydroxyl groups is 1. The average Bonchev–Trinajstić information content (AvgIpc) is 2.49. The van der Waals surface area contributed by atoms with Crippen molar-refractivity contribution >= 4 is 27.3 Å². The zero-order chi connectivity index (χ0) is 10.0. The quantitative estimate of drug-likeness (QED) is 0.878. The van der Waals surface area contributed by atoms with Gasteiger partial charge >= 0.3 is 0 Å². The van der Waals surface area contributed by atoms with Crippen LogP contribution in [0.25, 0.3) is 0 Å². The Bertz CT molecular complexity index is 270. The Morgan fingerprint density at radius 1 is 1.31 bits per heavy atom. The van der Waals surface area contributed by atoms with Crippen LogP contribution in [0.1, 0.15) is 31.8 Å². The molecule has 3 heteroatoms. The van der Waals surface area contributed by atoms with Gasteiger partial charge in [-0.25, -0.2) is 0 Å². The van der Waals surface area contributed by atoms with Gasteiger partial charge in [-0.15, -0.1) is 11.3 Å². The molecule has 0 saturated carbocycles. The molecule has 74 valence electrons. The number of aliphatic hydroxyl groups excluding tert-OH is 1. The molecule has 1 rings (SSSR count). The third kappa shape index (κ3) is 2.79. The van der Waals surface area contributed by atoms with E-state index in [2.05, 4.69) is 36.7 Å². The highest BCUT2D eigenvalue weighted by molar-refractivity contribution is 9.11. The van der Waals surface area contributed by atoms with E-state index in [9.17, 15) is 5.11 Å². The first-order chi connectivity index (χ1) is 6.02. The highest BCUT2D eigenvalue weighted by Crippen LogP contribution is 2.33. The van der Waals surface area contributed by atoms with Crippen molar-refractivity contribution in [3.05, 3.63) is 20.8 Å². The molecule has 1 aromatic rings. The molecule has 0 aliphatic carbocycles. The molecule has 2 atom stereocenters. The second-order valence-electron chi connectivity index (χ2n) is 3.69. The van der Waals surface area contributed by atoms with Crippen molar-refractivity contribution in [2.45, 2.75) is 26.9 Å². The smallest absolute Gasteiger partial charge is 0.0910 e. The van der Waals surface area contributed by atoms with Crippen LogP contribution < -0.4 is 0 Å². The van der Waals surface area contributed by atoms with Crippen molar-refractivity contribution in [3.8, 4) is 0 Å². The second kappa shape index (κ2) is 4.58. The summed E-state index contributed by atoms with van der Waals surface area (Å²) in [6.45, 7) is 6.36. The second-order valence-corrected chi connectivity index (χ2v) is 6.18. The molecule has 0 aromatic carbocycles. The standard InChI is InChI=1S/C10H15BrOS/c1-6(2)7(3)10(12)8-4-5-9(11)13-8/h4-7,10,12H,1-3H3. The van der Waals surface area contributed by atoms with Crippen LogP contribution in [0.3, 0.4) is 0 Å². The first kappa shape index (κ1) is 11.2. The minimum atomic E-state index is -0.323. The summed E-state index contributed by atoms with van der Waals surface area (Å²) in [7, 11) is 0. The van der Waals surface area contributed by atoms with Crippen LogP contribution in [0.15, 0.2) is 15.9 Å². The van der Waals surface area contributed by atoms with E-state index in [4.69, 9.17) is 0 Å². The normalized spacial score (nSPS) is 16.2. The topological polar surface area (TPSA) is 20.2 Å². The van der Waals surface area contributed by atoms with E-state index in [0.29, 0.717) is 11.8 Å². The molecule has 2 unspecified atom stereocenters. The van der Waals surface area contributed by atoms with Crippen LogP contribution in [0.2, 0.25) is 0 Å². The Morgan fingerprint density at radius 3 is 2.31 bits per heavy atom. The first-order valence-electron chi connectivity index (χ1n) is 4.45. The molecule has 0 aliphatic rings. The van der Waals surface area contributed by atoms with Gasteiger partial charge in [0.2, 0.25) is 0 Å². The maximum Gasteiger partial charge on any atom is 0.0910 e. The summed E-state index contributed by atoms with van der Waals surface area (Å²) in [6, 6.07) is 3.97. The van der Waals surface area contributed by atoms with Gasteiger partial charge in [0, 0.05) is 4.88 Å². The van der Waals surface area contributed by atoms with Gasteiger partial charge in [-0.1, -0.05) is 20.8 Å². The third-order valence-electron chi connectivity index (χ3n) is 2.44. The van der Waals surface area contributed by atoms with E-state index in [0.717, 1.165) is 8.66 Å². The number of hydrogen-bond donors (Lipinski definition) is 1. The van der Waals surface area contributed by atoms with Crippen molar-refractivity contribution in [1.82, 2.24) is 0 Å². The van der Waals surface area contributed by atoms with Gasteiger partial charge in [-0.05, 0) is 39.9 Å². The van der Waals surface area contributed by atoms with Crippen LogP contribution in [-0.4, -0.2) is 5.11 Å². The molecule has 0 saturated heterocycles. The Morgan fingerprint density at radius 2 is 1.92 bits per heavy atom. The summed E-state index contributed by atoms with van der Waals surface area (Å²) in [5.41, 5.74) is 0. The van der Waals surface area contributed by atoms with Crippen molar-refractivity contribution < 1.29 is 5.11 Å². The van der Waals surface area contributed by atoms with Crippen LogP contribution in [0.4, 0.5) is 0 Å². The number of rotatable bonds is 3. The molecule has 0 bridgehead atoms. The van der Waals surface area contributed by atoms with Crippen LogP contribution in [-0.2, 0) is 0 Å². The average molecular weight is 263 g/mol. The summed E-state index contributed by atoms with van der Waals surface area (Å²) in [5, 5.41) is 9.96. The predicted octanol–water partition coefficient (Wildman–Crippen LogP) is 3.84. The molecule has 13 heavy (non-hydrogen) atoms. The van der Waals surface area contributed by atoms with Gasteiger partial charge in [0.05, 0.1) is 9.89 Å². The minimum absolute atomic E-state index is 0.311. The fourth-order valence-electron chi connectivity index (χ4n) is 1.11. The van der Waals surface area contributed by atoms with Gasteiger partial charge in [0.15, 0.2) is 0 Å². The number of thiophene rings is 1. The number of halogens is 1. The molecule has 1 nitrogen and oxygen atoms in total. The van der Waals surface area contributed by atoms with Crippen molar-refractivity contribution in [1.29, 1.82) is 0 Å². The highest BCUT2D eigenvalue weighted by atomic mass is 79.9. The lowest BCUT2D eigenvalue weighted by Crippen LogP contribution is -2.13. The largest absolute Gasteiger partial charge is 0.387 e. The molecular weight excluding hydrogens is 248 g/mol. The monoisotopic (exact) mass is 262 g/mol. The lowest BCUT2D eigenvalue weighted by Gasteiger charge is -2.20. The molecule has 1 N–H and O–H groups in total. The third-order valence-corrected chi connectivity index (χ3v) is 4.13. The van der Waals surface area contributed by atoms with Gasteiger partial charge in [-0.2, -0.15) is 0 Å². The van der Waals surface area contributed by atoms with Crippen LogP contribution in [0, 0.1) is 11.8 Å². The van der Waals surface area contributed by atoms with Gasteiger partial charge < -0.3 is 5.11 Å². The molecule has 0 fully saturated rings. The summed E-state index contributed by atoms with van der Waals surface area (Å²) in [6.07, 6.45) is -0.323. The van der Waals surface area contributed by atoms with E-state index < -0.39 is 0 Å². The Balaban J connectivity index is 2.73. The first-order valence-corrected chi connectivity index (χ1v) is 6.06. The molecule has 0 amide bonds. The van der Waals surface area contributed by atoms with Crippen LogP contribution >= 0.6 is 27.3 Å². The molecule has 1 aromatic heterocycles. The van der Waals surface area contributed by atoms with E-state index in [1.807, 2.05) is 12.1 Å². The maximum atomic E-state index is 9.96. The van der Waals surface area contributed by atoms with Gasteiger partial charge in [0.1, 0.15) is 0 Å². The van der Waals surface area contributed by atoms with E-state index in [-0.39, 0.29) is 6.10 Å². The molecule has 0 aliphatic heterocycles. The van der Waals surface area contributed by atoms with Crippen molar-refractivity contribution in [3.63, 3.8) is 0 Å². The van der Waals surface area contributed by atoms with Gasteiger partial charge in [0.25, 0.3) is 0 Å². The van der Waals surface area contributed by atoms with Crippen molar-refractivity contribution in [2.24, 2.45) is 11.8 Å². The molecule has 0 spiro atoms. The van der Waals surface area contributed by atoms with E-state index >= 15 is 0 Å². The fourth-order valence-corrected chi connectivity index (χ4v) is 2.64. The van der Waals surface area contributed by atoms with Crippen LogP contribution in [0.5, 0.6) is 0 Å². The summed E-state index contributed by atoms with van der Waals surface area (Å²) >= 11 is 5.00. The zero-order valence-electron chi connectivity index (χ0n) is 8.12. The SMILES string of the molecule is CC(C)C(C)C(O)c1ccc(Br)s1. The van der Waals surface area contributed by atoms with E-state index in [1.165, 1.54) is 0 Å². The fraction of sp³-hybridized carbons (Fsp3) is 0.600. The summed E-state index contributed by atoms with van der Waals surface area (Å²) in [5.74, 6) is 0.821. The molecule has 0 radical (unpaired) electrons. The Kier molecular flexibility index (Phi) is 3.95. The predicted molar refractivity (Wildman–Crippen MR) is 61.0 cm³/mol. The summed E-state index contributed by atoms with van der Waals surface area (Å²) < 4.78 is 1.08. The Labute approximate surface area is 91.9 Å². The van der Waals surface area contributed by atoms with Gasteiger partial charge in [-0.3, -0.25) is 0 Å². The van der Waals surface area contributed by atoms with Crippen molar-refractivity contribution in [2.75, 3.05) is 0 Å². The lowest BCUT2D eigenvalue weighted by atomic mass is 9.91. The zero-order valence-corrected chi connectivity index (χ0v) is 10.5.